The van der Waals surface area contributed by atoms with Gasteiger partial charge in [-0.05, 0) is 36.4 Å². The van der Waals surface area contributed by atoms with E-state index in [2.05, 4.69) is 15.0 Å². The summed E-state index contributed by atoms with van der Waals surface area (Å²) in [5.74, 6) is -0.401. The molecule has 1 heterocycles. The van der Waals surface area contributed by atoms with Crippen LogP contribution in [0.3, 0.4) is 0 Å². The molecule has 1 aromatic heterocycles. The second-order valence-electron chi connectivity index (χ2n) is 4.52. The average Bonchev–Trinajstić information content (AvgIpc) is 2.57. The van der Waals surface area contributed by atoms with Gasteiger partial charge in [0.25, 0.3) is 5.91 Å². The van der Waals surface area contributed by atoms with Crippen molar-refractivity contribution in [3.63, 3.8) is 0 Å². The van der Waals surface area contributed by atoms with Crippen LogP contribution in [0.25, 0.3) is 0 Å². The van der Waals surface area contributed by atoms with E-state index >= 15 is 0 Å². The number of carbonyl (C=O) groups excluding carboxylic acids is 2. The first kappa shape index (κ1) is 17.0. The molecule has 1 N–H and O–H groups in total. The van der Waals surface area contributed by atoms with Crippen LogP contribution in [0, 0.1) is 5.82 Å². The first-order valence-corrected chi connectivity index (χ1v) is 7.79. The topological polar surface area (TPSA) is 68.3 Å². The molecule has 1 amide bonds. The predicted octanol–water partition coefficient (Wildman–Crippen LogP) is 3.13. The number of amides is 1. The zero-order valence-corrected chi connectivity index (χ0v) is 13.2. The SMILES string of the molecule is COC(=O)CCSc1ccc(C(=O)Nc2ccc(F)cc2)cn1. The van der Waals surface area contributed by atoms with Gasteiger partial charge in [0.15, 0.2) is 0 Å². The molecule has 0 bridgehead atoms. The third kappa shape index (κ3) is 5.37. The number of pyridine rings is 1. The van der Waals surface area contributed by atoms with Crippen LogP contribution in [0.15, 0.2) is 47.6 Å². The van der Waals surface area contributed by atoms with Crippen molar-refractivity contribution >= 4 is 29.3 Å². The molecule has 23 heavy (non-hydrogen) atoms. The van der Waals surface area contributed by atoms with Crippen LogP contribution in [0.4, 0.5) is 10.1 Å². The Hall–Kier alpha value is -2.41. The van der Waals surface area contributed by atoms with E-state index in [1.54, 1.807) is 12.1 Å². The monoisotopic (exact) mass is 334 g/mol. The van der Waals surface area contributed by atoms with Crippen LogP contribution in [0.1, 0.15) is 16.8 Å². The molecule has 0 saturated carbocycles. The first-order chi connectivity index (χ1) is 11.1. The molecule has 2 aromatic rings. The number of benzene rings is 1. The van der Waals surface area contributed by atoms with Gasteiger partial charge in [0, 0.05) is 17.6 Å². The molecule has 0 saturated heterocycles. The maximum absolute atomic E-state index is 12.8. The van der Waals surface area contributed by atoms with Crippen LogP contribution < -0.4 is 5.32 Å². The average molecular weight is 334 g/mol. The molecule has 5 nitrogen and oxygen atoms in total. The quantitative estimate of drug-likeness (QED) is 0.649. The lowest BCUT2D eigenvalue weighted by Crippen LogP contribution is -2.12. The van der Waals surface area contributed by atoms with Crippen LogP contribution in [-0.2, 0) is 9.53 Å². The van der Waals surface area contributed by atoms with Gasteiger partial charge >= 0.3 is 5.97 Å². The van der Waals surface area contributed by atoms with E-state index in [9.17, 15) is 14.0 Å². The van der Waals surface area contributed by atoms with Gasteiger partial charge in [-0.15, -0.1) is 11.8 Å². The van der Waals surface area contributed by atoms with Crippen molar-refractivity contribution in [3.05, 3.63) is 54.0 Å². The molecule has 2 rings (SSSR count). The van der Waals surface area contributed by atoms with Crippen molar-refractivity contribution in [2.45, 2.75) is 11.4 Å². The van der Waals surface area contributed by atoms with Gasteiger partial charge < -0.3 is 10.1 Å². The normalized spacial score (nSPS) is 10.2. The Bertz CT molecular complexity index is 675. The van der Waals surface area contributed by atoms with E-state index in [4.69, 9.17) is 0 Å². The summed E-state index contributed by atoms with van der Waals surface area (Å²) >= 11 is 1.40. The van der Waals surface area contributed by atoms with Gasteiger partial charge in [-0.3, -0.25) is 9.59 Å². The summed E-state index contributed by atoms with van der Waals surface area (Å²) in [5.41, 5.74) is 0.902. The van der Waals surface area contributed by atoms with Gasteiger partial charge in [-0.25, -0.2) is 9.37 Å². The molecule has 0 unspecified atom stereocenters. The highest BCUT2D eigenvalue weighted by atomic mass is 32.2. The maximum atomic E-state index is 12.8. The molecule has 0 aliphatic rings. The lowest BCUT2D eigenvalue weighted by Gasteiger charge is -2.06. The summed E-state index contributed by atoms with van der Waals surface area (Å²) in [7, 11) is 1.35. The number of halogens is 1. The van der Waals surface area contributed by atoms with Crippen molar-refractivity contribution < 1.29 is 18.7 Å². The van der Waals surface area contributed by atoms with Gasteiger partial charge in [-0.1, -0.05) is 0 Å². The summed E-state index contributed by atoms with van der Waals surface area (Å²) in [4.78, 5) is 27.2. The Morgan fingerprint density at radius 2 is 1.96 bits per heavy atom. The summed E-state index contributed by atoms with van der Waals surface area (Å²) in [6.45, 7) is 0. The fraction of sp³-hybridized carbons (Fsp3) is 0.188. The minimum atomic E-state index is -0.363. The van der Waals surface area contributed by atoms with Crippen LogP contribution in [0.2, 0.25) is 0 Å². The fourth-order valence-corrected chi connectivity index (χ4v) is 2.45. The van der Waals surface area contributed by atoms with Crippen LogP contribution in [-0.4, -0.2) is 29.7 Å². The number of carbonyl (C=O) groups is 2. The Labute approximate surface area is 137 Å². The number of ether oxygens (including phenoxy) is 1. The number of nitrogens with zero attached hydrogens (tertiary/aromatic N) is 1. The molecule has 0 fully saturated rings. The zero-order chi connectivity index (χ0) is 16.7. The molecule has 0 radical (unpaired) electrons. The number of aromatic nitrogens is 1. The van der Waals surface area contributed by atoms with Crippen molar-refractivity contribution in [2.75, 3.05) is 18.2 Å². The van der Waals surface area contributed by atoms with Crippen molar-refractivity contribution in [3.8, 4) is 0 Å². The Morgan fingerprint density at radius 1 is 1.22 bits per heavy atom. The van der Waals surface area contributed by atoms with Crippen molar-refractivity contribution in [1.29, 1.82) is 0 Å². The molecule has 120 valence electrons. The highest BCUT2D eigenvalue weighted by Crippen LogP contribution is 2.17. The van der Waals surface area contributed by atoms with Crippen molar-refractivity contribution in [2.24, 2.45) is 0 Å². The lowest BCUT2D eigenvalue weighted by molar-refractivity contribution is -0.140. The van der Waals surface area contributed by atoms with Crippen LogP contribution in [0.5, 0.6) is 0 Å². The molecule has 1 aromatic carbocycles. The Kier molecular flexibility index (Phi) is 6.10. The lowest BCUT2D eigenvalue weighted by atomic mass is 10.2. The number of esters is 1. The molecular formula is C16H15FN2O3S. The molecule has 0 aliphatic carbocycles. The third-order valence-corrected chi connectivity index (χ3v) is 3.83. The van der Waals surface area contributed by atoms with E-state index in [-0.39, 0.29) is 17.7 Å². The van der Waals surface area contributed by atoms with E-state index in [1.165, 1.54) is 49.3 Å². The van der Waals surface area contributed by atoms with E-state index in [0.29, 0.717) is 28.5 Å². The number of hydrogen-bond acceptors (Lipinski definition) is 5. The Balaban J connectivity index is 1.89. The Morgan fingerprint density at radius 3 is 2.57 bits per heavy atom. The summed E-state index contributed by atoms with van der Waals surface area (Å²) in [6, 6.07) is 8.87. The van der Waals surface area contributed by atoms with E-state index in [1.807, 2.05) is 0 Å². The molecule has 0 spiro atoms. The molecule has 0 atom stereocenters. The smallest absolute Gasteiger partial charge is 0.306 e. The number of rotatable bonds is 6. The predicted molar refractivity (Wildman–Crippen MR) is 85.9 cm³/mol. The second kappa shape index (κ2) is 8.28. The van der Waals surface area contributed by atoms with Gasteiger partial charge in [0.2, 0.25) is 0 Å². The summed E-state index contributed by atoms with van der Waals surface area (Å²) in [6.07, 6.45) is 1.76. The number of methoxy groups -OCH3 is 1. The minimum absolute atomic E-state index is 0.271. The largest absolute Gasteiger partial charge is 0.469 e. The summed E-state index contributed by atoms with van der Waals surface area (Å²) in [5, 5.41) is 3.37. The highest BCUT2D eigenvalue weighted by Gasteiger charge is 2.08. The van der Waals surface area contributed by atoms with Gasteiger partial charge in [-0.2, -0.15) is 0 Å². The number of anilines is 1. The van der Waals surface area contributed by atoms with Gasteiger partial charge in [0.1, 0.15) is 5.82 Å². The van der Waals surface area contributed by atoms with E-state index in [0.717, 1.165) is 0 Å². The fourth-order valence-electron chi connectivity index (χ4n) is 1.68. The maximum Gasteiger partial charge on any atom is 0.306 e. The molecular weight excluding hydrogens is 319 g/mol. The van der Waals surface area contributed by atoms with Crippen LogP contribution >= 0.6 is 11.8 Å². The van der Waals surface area contributed by atoms with Crippen molar-refractivity contribution in [1.82, 2.24) is 4.98 Å². The third-order valence-electron chi connectivity index (χ3n) is 2.88. The zero-order valence-electron chi connectivity index (χ0n) is 12.4. The number of hydrogen-bond donors (Lipinski definition) is 1. The first-order valence-electron chi connectivity index (χ1n) is 6.81. The standard InChI is InChI=1S/C16H15FN2O3S/c1-22-15(20)8-9-23-14-7-2-11(10-18-14)16(21)19-13-5-3-12(17)4-6-13/h2-7,10H,8-9H2,1H3,(H,19,21). The van der Waals surface area contributed by atoms with E-state index < -0.39 is 0 Å². The minimum Gasteiger partial charge on any atom is -0.469 e. The number of thioether (sulfide) groups is 1. The summed E-state index contributed by atoms with van der Waals surface area (Å²) < 4.78 is 17.4. The number of nitrogens with one attached hydrogen (secondary N) is 1. The molecule has 7 heteroatoms. The second-order valence-corrected chi connectivity index (χ2v) is 5.64. The van der Waals surface area contributed by atoms with Gasteiger partial charge in [0.05, 0.1) is 24.1 Å². The highest BCUT2D eigenvalue weighted by molar-refractivity contribution is 7.99. The molecule has 0 aliphatic heterocycles.